The number of pyridine rings is 1. The number of nitrogens with zero attached hydrogens (tertiary/aromatic N) is 1. The molecule has 0 amide bonds. The SMILES string of the molecule is CS(=O)CCNCc1ccc(Br)cn1. The summed E-state index contributed by atoms with van der Waals surface area (Å²) in [6, 6.07) is 3.92. The predicted molar refractivity (Wildman–Crippen MR) is 62.6 cm³/mol. The largest absolute Gasteiger partial charge is 0.310 e. The van der Waals surface area contributed by atoms with Crippen LogP contribution < -0.4 is 5.32 Å². The Balaban J connectivity index is 2.25. The van der Waals surface area contributed by atoms with E-state index in [2.05, 4.69) is 26.2 Å². The Labute approximate surface area is 94.9 Å². The summed E-state index contributed by atoms with van der Waals surface area (Å²) in [4.78, 5) is 4.21. The molecule has 0 aliphatic carbocycles. The van der Waals surface area contributed by atoms with E-state index >= 15 is 0 Å². The molecule has 1 atom stereocenters. The molecule has 0 fully saturated rings. The number of aromatic nitrogens is 1. The van der Waals surface area contributed by atoms with Crippen LogP contribution in [0.5, 0.6) is 0 Å². The van der Waals surface area contributed by atoms with Crippen molar-refractivity contribution in [1.82, 2.24) is 10.3 Å². The molecule has 1 N–H and O–H groups in total. The molecule has 78 valence electrons. The maximum Gasteiger partial charge on any atom is 0.0542 e. The highest BCUT2D eigenvalue weighted by Gasteiger charge is 1.95. The van der Waals surface area contributed by atoms with Gasteiger partial charge in [0.2, 0.25) is 0 Å². The van der Waals surface area contributed by atoms with Crippen molar-refractivity contribution in [2.45, 2.75) is 6.54 Å². The molecule has 1 aromatic rings. The Hall–Kier alpha value is -0.260. The summed E-state index contributed by atoms with van der Waals surface area (Å²) >= 11 is 3.32. The third-order valence-corrected chi connectivity index (χ3v) is 2.91. The first-order chi connectivity index (χ1) is 6.68. The number of halogens is 1. The molecule has 1 rings (SSSR count). The van der Waals surface area contributed by atoms with Crippen LogP contribution in [-0.2, 0) is 17.3 Å². The Bertz CT molecular complexity index is 302. The Kier molecular flexibility index (Phi) is 5.29. The van der Waals surface area contributed by atoms with Crippen LogP contribution in [0.2, 0.25) is 0 Å². The van der Waals surface area contributed by atoms with Gasteiger partial charge in [-0.3, -0.25) is 9.19 Å². The molecule has 0 aliphatic heterocycles. The zero-order chi connectivity index (χ0) is 10.4. The summed E-state index contributed by atoms with van der Waals surface area (Å²) < 4.78 is 11.7. The molecule has 0 saturated heterocycles. The molecule has 1 unspecified atom stereocenters. The first-order valence-corrected chi connectivity index (χ1v) is 6.81. The van der Waals surface area contributed by atoms with Crippen molar-refractivity contribution in [2.75, 3.05) is 18.6 Å². The van der Waals surface area contributed by atoms with E-state index in [1.54, 1.807) is 12.5 Å². The van der Waals surface area contributed by atoms with Gasteiger partial charge >= 0.3 is 0 Å². The smallest absolute Gasteiger partial charge is 0.0542 e. The molecule has 1 aromatic heterocycles. The van der Waals surface area contributed by atoms with Crippen LogP contribution in [0.15, 0.2) is 22.8 Å². The fourth-order valence-electron chi connectivity index (χ4n) is 0.943. The quantitative estimate of drug-likeness (QED) is 0.825. The number of nitrogens with one attached hydrogen (secondary N) is 1. The summed E-state index contributed by atoms with van der Waals surface area (Å²) in [7, 11) is -0.718. The van der Waals surface area contributed by atoms with Gasteiger partial charge in [-0.15, -0.1) is 0 Å². The van der Waals surface area contributed by atoms with Gasteiger partial charge in [0.1, 0.15) is 0 Å². The van der Waals surface area contributed by atoms with Gasteiger partial charge in [0, 0.05) is 46.6 Å². The lowest BCUT2D eigenvalue weighted by Crippen LogP contribution is -2.20. The predicted octanol–water partition coefficient (Wildman–Crippen LogP) is 1.31. The van der Waals surface area contributed by atoms with Gasteiger partial charge < -0.3 is 5.32 Å². The summed E-state index contributed by atoms with van der Waals surface area (Å²) in [5, 5.41) is 3.18. The maximum atomic E-state index is 10.7. The molecular formula is C9H13BrN2OS. The van der Waals surface area contributed by atoms with E-state index in [9.17, 15) is 4.21 Å². The van der Waals surface area contributed by atoms with Crippen molar-refractivity contribution in [3.8, 4) is 0 Å². The molecule has 5 heteroatoms. The van der Waals surface area contributed by atoms with Gasteiger partial charge in [-0.2, -0.15) is 0 Å². The molecular weight excluding hydrogens is 264 g/mol. The molecule has 0 spiro atoms. The van der Waals surface area contributed by atoms with Gasteiger partial charge in [-0.1, -0.05) is 0 Å². The molecule has 1 heterocycles. The van der Waals surface area contributed by atoms with E-state index in [4.69, 9.17) is 0 Å². The lowest BCUT2D eigenvalue weighted by atomic mass is 10.3. The molecule has 0 saturated carbocycles. The van der Waals surface area contributed by atoms with Crippen molar-refractivity contribution in [3.63, 3.8) is 0 Å². The number of hydrogen-bond acceptors (Lipinski definition) is 3. The van der Waals surface area contributed by atoms with Crippen molar-refractivity contribution in [3.05, 3.63) is 28.5 Å². The first-order valence-electron chi connectivity index (χ1n) is 4.29. The summed E-state index contributed by atoms with van der Waals surface area (Å²) in [5.74, 6) is 0.691. The minimum absolute atomic E-state index is 0.691. The van der Waals surface area contributed by atoms with E-state index in [0.717, 1.165) is 23.3 Å². The summed E-state index contributed by atoms with van der Waals surface area (Å²) in [6.07, 6.45) is 3.48. The van der Waals surface area contributed by atoms with Crippen LogP contribution in [0.1, 0.15) is 5.69 Å². The zero-order valence-corrected chi connectivity index (χ0v) is 10.4. The first kappa shape index (κ1) is 11.8. The standard InChI is InChI=1S/C9H13BrN2OS/c1-14(13)5-4-11-7-9-3-2-8(10)6-12-9/h2-3,6,11H,4-5,7H2,1H3. The van der Waals surface area contributed by atoms with E-state index < -0.39 is 10.8 Å². The Morgan fingerprint density at radius 2 is 2.36 bits per heavy atom. The van der Waals surface area contributed by atoms with Crippen molar-refractivity contribution >= 4 is 26.7 Å². The van der Waals surface area contributed by atoms with Gasteiger partial charge in [0.05, 0.1) is 5.69 Å². The highest BCUT2D eigenvalue weighted by Crippen LogP contribution is 2.06. The highest BCUT2D eigenvalue weighted by molar-refractivity contribution is 9.10. The Morgan fingerprint density at radius 1 is 1.57 bits per heavy atom. The van der Waals surface area contributed by atoms with Crippen LogP contribution in [0, 0.1) is 0 Å². The molecule has 0 aliphatic rings. The molecule has 0 aromatic carbocycles. The van der Waals surface area contributed by atoms with Gasteiger partial charge in [-0.05, 0) is 28.1 Å². The van der Waals surface area contributed by atoms with Crippen LogP contribution in [0.4, 0.5) is 0 Å². The average Bonchev–Trinajstić information content (AvgIpc) is 2.15. The van der Waals surface area contributed by atoms with Gasteiger partial charge in [0.15, 0.2) is 0 Å². The fourth-order valence-corrected chi connectivity index (χ4v) is 1.61. The van der Waals surface area contributed by atoms with Crippen LogP contribution >= 0.6 is 15.9 Å². The molecule has 0 bridgehead atoms. The van der Waals surface area contributed by atoms with Gasteiger partial charge in [-0.25, -0.2) is 0 Å². The third-order valence-electron chi connectivity index (χ3n) is 1.66. The van der Waals surface area contributed by atoms with E-state index in [0.29, 0.717) is 5.75 Å². The monoisotopic (exact) mass is 276 g/mol. The van der Waals surface area contributed by atoms with E-state index in [1.165, 1.54) is 0 Å². The second-order valence-corrected chi connectivity index (χ2v) is 5.39. The molecule has 14 heavy (non-hydrogen) atoms. The highest BCUT2D eigenvalue weighted by atomic mass is 79.9. The molecule has 3 nitrogen and oxygen atoms in total. The fraction of sp³-hybridized carbons (Fsp3) is 0.444. The lowest BCUT2D eigenvalue weighted by Gasteiger charge is -2.02. The minimum atomic E-state index is -0.718. The average molecular weight is 277 g/mol. The maximum absolute atomic E-state index is 10.7. The molecule has 0 radical (unpaired) electrons. The summed E-state index contributed by atoms with van der Waals surface area (Å²) in [5.41, 5.74) is 0.995. The van der Waals surface area contributed by atoms with Crippen molar-refractivity contribution in [1.29, 1.82) is 0 Å². The second-order valence-electron chi connectivity index (χ2n) is 2.92. The van der Waals surface area contributed by atoms with Crippen molar-refractivity contribution in [2.24, 2.45) is 0 Å². The second kappa shape index (κ2) is 6.27. The number of hydrogen-bond donors (Lipinski definition) is 1. The summed E-state index contributed by atoms with van der Waals surface area (Å²) in [6.45, 7) is 1.49. The van der Waals surface area contributed by atoms with Crippen molar-refractivity contribution < 1.29 is 4.21 Å². The van der Waals surface area contributed by atoms with Crippen LogP contribution in [0.3, 0.4) is 0 Å². The third kappa shape index (κ3) is 4.83. The van der Waals surface area contributed by atoms with Crippen LogP contribution in [-0.4, -0.2) is 27.7 Å². The number of rotatable bonds is 5. The Morgan fingerprint density at radius 3 is 2.93 bits per heavy atom. The zero-order valence-electron chi connectivity index (χ0n) is 8.00. The minimum Gasteiger partial charge on any atom is -0.310 e. The van der Waals surface area contributed by atoms with E-state index in [-0.39, 0.29) is 0 Å². The van der Waals surface area contributed by atoms with Crippen LogP contribution in [0.25, 0.3) is 0 Å². The topological polar surface area (TPSA) is 42.0 Å². The van der Waals surface area contributed by atoms with E-state index in [1.807, 2.05) is 12.1 Å². The van der Waals surface area contributed by atoms with Gasteiger partial charge in [0.25, 0.3) is 0 Å². The lowest BCUT2D eigenvalue weighted by molar-refractivity contribution is 0.674. The normalized spacial score (nSPS) is 12.7.